The third kappa shape index (κ3) is 4.81. The van der Waals surface area contributed by atoms with Gasteiger partial charge in [-0.3, -0.25) is 4.84 Å². The van der Waals surface area contributed by atoms with Crippen molar-refractivity contribution in [3.05, 3.63) is 23.8 Å². The second kappa shape index (κ2) is 5.90. The number of hydrogen-bond acceptors (Lipinski definition) is 4. The molecule has 0 aromatic heterocycles. The minimum atomic E-state index is -3.68. The van der Waals surface area contributed by atoms with Gasteiger partial charge < -0.3 is 4.74 Å². The zero-order chi connectivity index (χ0) is 14.7. The van der Waals surface area contributed by atoms with Crippen molar-refractivity contribution in [2.75, 3.05) is 6.61 Å². The molecular formula is C13H21NO4S. The second-order valence-electron chi connectivity index (χ2n) is 5.16. The zero-order valence-corrected chi connectivity index (χ0v) is 12.8. The number of nitrogens with one attached hydrogen (secondary N) is 1. The Morgan fingerprint density at radius 3 is 2.37 bits per heavy atom. The molecule has 5 nitrogen and oxygen atoms in total. The average Bonchev–Trinajstić information content (AvgIpc) is 2.29. The van der Waals surface area contributed by atoms with Gasteiger partial charge in [0.1, 0.15) is 5.75 Å². The lowest BCUT2D eigenvalue weighted by Crippen LogP contribution is -2.33. The van der Waals surface area contributed by atoms with Crippen LogP contribution in [0.25, 0.3) is 0 Å². The maximum absolute atomic E-state index is 12.0. The van der Waals surface area contributed by atoms with Crippen LogP contribution in [0.4, 0.5) is 0 Å². The van der Waals surface area contributed by atoms with E-state index < -0.39 is 15.6 Å². The van der Waals surface area contributed by atoms with E-state index in [4.69, 9.17) is 9.57 Å². The smallest absolute Gasteiger partial charge is 0.262 e. The quantitative estimate of drug-likeness (QED) is 0.845. The van der Waals surface area contributed by atoms with Crippen LogP contribution < -0.4 is 9.62 Å². The van der Waals surface area contributed by atoms with E-state index >= 15 is 0 Å². The van der Waals surface area contributed by atoms with Crippen LogP contribution in [0.3, 0.4) is 0 Å². The lowest BCUT2D eigenvalue weighted by atomic mass is 10.2. The van der Waals surface area contributed by atoms with Crippen molar-refractivity contribution in [3.63, 3.8) is 0 Å². The zero-order valence-electron chi connectivity index (χ0n) is 12.0. The van der Waals surface area contributed by atoms with Gasteiger partial charge in [-0.25, -0.2) is 8.42 Å². The summed E-state index contributed by atoms with van der Waals surface area (Å²) in [4.78, 5) is 7.37. The van der Waals surface area contributed by atoms with Crippen LogP contribution in [-0.4, -0.2) is 20.6 Å². The van der Waals surface area contributed by atoms with E-state index in [0.717, 1.165) is 5.56 Å². The minimum Gasteiger partial charge on any atom is -0.494 e. The molecule has 6 heteroatoms. The first-order chi connectivity index (χ1) is 8.65. The molecule has 0 saturated heterocycles. The van der Waals surface area contributed by atoms with Gasteiger partial charge in [0.05, 0.1) is 17.1 Å². The van der Waals surface area contributed by atoms with Crippen LogP contribution in [0.2, 0.25) is 0 Å². The fourth-order valence-electron chi connectivity index (χ4n) is 1.33. The first kappa shape index (κ1) is 15.9. The third-order valence-electron chi connectivity index (χ3n) is 2.21. The van der Waals surface area contributed by atoms with E-state index in [9.17, 15) is 8.42 Å². The van der Waals surface area contributed by atoms with E-state index in [1.54, 1.807) is 39.8 Å². The first-order valence-electron chi connectivity index (χ1n) is 6.09. The van der Waals surface area contributed by atoms with Crippen molar-refractivity contribution in [1.82, 2.24) is 4.89 Å². The molecule has 0 aliphatic rings. The molecule has 0 amide bonds. The van der Waals surface area contributed by atoms with Crippen LogP contribution in [0.15, 0.2) is 23.1 Å². The van der Waals surface area contributed by atoms with E-state index in [2.05, 4.69) is 4.89 Å². The van der Waals surface area contributed by atoms with Gasteiger partial charge in [0.15, 0.2) is 0 Å². The summed E-state index contributed by atoms with van der Waals surface area (Å²) in [6.45, 7) is 9.51. The van der Waals surface area contributed by atoms with Gasteiger partial charge in [-0.15, -0.1) is 0 Å². The maximum Gasteiger partial charge on any atom is 0.262 e. The molecule has 1 N–H and O–H groups in total. The van der Waals surface area contributed by atoms with Crippen LogP contribution in [0.1, 0.15) is 33.3 Å². The molecule has 0 aliphatic carbocycles. The average molecular weight is 287 g/mol. The van der Waals surface area contributed by atoms with Crippen LogP contribution in [-0.2, 0) is 14.9 Å². The van der Waals surface area contributed by atoms with Crippen molar-refractivity contribution in [2.24, 2.45) is 0 Å². The molecule has 0 spiro atoms. The predicted octanol–water partition coefficient (Wildman–Crippen LogP) is 2.40. The van der Waals surface area contributed by atoms with E-state index in [1.807, 2.05) is 6.92 Å². The van der Waals surface area contributed by atoms with Crippen LogP contribution in [0.5, 0.6) is 5.75 Å². The molecular weight excluding hydrogens is 266 g/mol. The van der Waals surface area contributed by atoms with Crippen molar-refractivity contribution in [3.8, 4) is 5.75 Å². The molecule has 108 valence electrons. The standard InChI is InChI=1S/C13H21NO4S/c1-6-17-12-8-7-11(9-10(12)2)19(15,16)14-18-13(3,4)5/h7-9,14H,6H2,1-5H3. The molecule has 0 fully saturated rings. The van der Waals surface area contributed by atoms with Gasteiger partial charge in [-0.1, -0.05) is 4.89 Å². The highest BCUT2D eigenvalue weighted by atomic mass is 32.2. The Balaban J connectivity index is 2.93. The monoisotopic (exact) mass is 287 g/mol. The van der Waals surface area contributed by atoms with E-state index in [-0.39, 0.29) is 4.90 Å². The Morgan fingerprint density at radius 1 is 1.26 bits per heavy atom. The molecule has 0 heterocycles. The number of ether oxygens (including phenoxy) is 1. The number of hydrogen-bond donors (Lipinski definition) is 1. The highest BCUT2D eigenvalue weighted by Crippen LogP contribution is 2.22. The number of benzene rings is 1. The summed E-state index contributed by atoms with van der Waals surface area (Å²) in [7, 11) is -3.68. The SMILES string of the molecule is CCOc1ccc(S(=O)(=O)NOC(C)(C)C)cc1C. The van der Waals surface area contributed by atoms with Gasteiger partial charge in [0.25, 0.3) is 10.0 Å². The normalized spacial score (nSPS) is 12.5. The number of sulfonamides is 1. The molecule has 19 heavy (non-hydrogen) atoms. The van der Waals surface area contributed by atoms with Gasteiger partial charge in [-0.05, 0) is 58.4 Å². The molecule has 1 rings (SSSR count). The Labute approximate surface area is 114 Å². The van der Waals surface area contributed by atoms with Gasteiger partial charge in [0.2, 0.25) is 0 Å². The van der Waals surface area contributed by atoms with Crippen LogP contribution >= 0.6 is 0 Å². The third-order valence-corrected chi connectivity index (χ3v) is 3.39. The summed E-state index contributed by atoms with van der Waals surface area (Å²) < 4.78 is 29.4. The topological polar surface area (TPSA) is 64.6 Å². The largest absolute Gasteiger partial charge is 0.494 e. The Bertz CT molecular complexity index is 532. The molecule has 0 radical (unpaired) electrons. The summed E-state index contributed by atoms with van der Waals surface area (Å²) in [5.41, 5.74) is 0.174. The molecule has 0 bridgehead atoms. The lowest BCUT2D eigenvalue weighted by Gasteiger charge is -2.19. The Morgan fingerprint density at radius 2 is 1.89 bits per heavy atom. The summed E-state index contributed by atoms with van der Waals surface area (Å²) in [5.74, 6) is 0.679. The van der Waals surface area contributed by atoms with Crippen LogP contribution in [0, 0.1) is 6.92 Å². The van der Waals surface area contributed by atoms with E-state index in [1.165, 1.54) is 6.07 Å². The predicted molar refractivity (Wildman–Crippen MR) is 73.5 cm³/mol. The van der Waals surface area contributed by atoms with Crippen molar-refractivity contribution < 1.29 is 18.0 Å². The molecule has 0 atom stereocenters. The summed E-state index contributed by atoms with van der Waals surface area (Å²) in [5, 5.41) is 0. The van der Waals surface area contributed by atoms with E-state index in [0.29, 0.717) is 12.4 Å². The molecule has 0 aliphatic heterocycles. The lowest BCUT2D eigenvalue weighted by molar-refractivity contribution is -0.0357. The fourth-order valence-corrected chi connectivity index (χ4v) is 2.37. The molecule has 1 aromatic rings. The Kier molecular flexibility index (Phi) is 4.95. The summed E-state index contributed by atoms with van der Waals surface area (Å²) in [6.07, 6.45) is 0. The highest BCUT2D eigenvalue weighted by Gasteiger charge is 2.19. The van der Waals surface area contributed by atoms with Crippen molar-refractivity contribution in [1.29, 1.82) is 0 Å². The van der Waals surface area contributed by atoms with Crippen molar-refractivity contribution >= 4 is 10.0 Å². The first-order valence-corrected chi connectivity index (χ1v) is 7.57. The summed E-state index contributed by atoms with van der Waals surface area (Å²) >= 11 is 0. The molecule has 1 aromatic carbocycles. The molecule has 0 unspecified atom stereocenters. The van der Waals surface area contributed by atoms with Crippen molar-refractivity contribution in [2.45, 2.75) is 45.1 Å². The highest BCUT2D eigenvalue weighted by molar-refractivity contribution is 7.89. The number of aryl methyl sites for hydroxylation is 1. The maximum atomic E-state index is 12.0. The number of rotatable bonds is 5. The molecule has 0 saturated carbocycles. The van der Waals surface area contributed by atoms with Gasteiger partial charge in [-0.2, -0.15) is 0 Å². The summed E-state index contributed by atoms with van der Waals surface area (Å²) in [6, 6.07) is 4.69. The van der Waals surface area contributed by atoms with Gasteiger partial charge >= 0.3 is 0 Å². The second-order valence-corrected chi connectivity index (χ2v) is 6.81. The van der Waals surface area contributed by atoms with Gasteiger partial charge in [0, 0.05) is 0 Å². The Hall–Kier alpha value is -1.11. The minimum absolute atomic E-state index is 0.151. The fraction of sp³-hybridized carbons (Fsp3) is 0.538.